The van der Waals surface area contributed by atoms with E-state index in [1.165, 1.54) is 103 Å². The molecule has 0 aromatic carbocycles. The fourth-order valence-corrected chi connectivity index (χ4v) is 6.39. The van der Waals surface area contributed by atoms with Crippen LogP contribution in [-0.2, 0) is 28.4 Å². The minimum Gasteiger partial charge on any atom is -0.462 e. The Labute approximate surface area is 286 Å². The molecule has 0 amide bonds. The molecule has 0 aliphatic rings. The molecule has 4 N–H and O–H groups in total. The molecule has 0 spiro atoms. The highest BCUT2D eigenvalue weighted by Crippen LogP contribution is 2.43. The number of unbranched alkanes of at least 4 members (excludes halogenated alkanes) is 22. The summed E-state index contributed by atoms with van der Waals surface area (Å²) in [6.07, 6.45) is 25.6. The summed E-state index contributed by atoms with van der Waals surface area (Å²) in [4.78, 5) is 44.0. The van der Waals surface area contributed by atoms with Crippen molar-refractivity contribution < 1.29 is 48.4 Å². The molecule has 0 bridgehead atoms. The van der Waals surface area contributed by atoms with E-state index < -0.39 is 50.8 Å². The third kappa shape index (κ3) is 29.6. The molecule has 0 heterocycles. The van der Waals surface area contributed by atoms with E-state index >= 15 is 0 Å². The number of hydrogen-bond donors (Lipinski definition) is 4. The monoisotopic (exact) mass is 694 g/mol. The molecule has 2 unspecified atom stereocenters. The first kappa shape index (κ1) is 46.0. The Morgan fingerprint density at radius 2 is 0.936 bits per heavy atom. The fourth-order valence-electron chi connectivity index (χ4n) is 5.57. The van der Waals surface area contributed by atoms with Crippen LogP contribution in [0.2, 0.25) is 0 Å². The molecule has 10 nitrogen and oxygen atoms in total. The third-order valence-electron chi connectivity index (χ3n) is 8.50. The lowest BCUT2D eigenvalue weighted by Gasteiger charge is -2.25. The van der Waals surface area contributed by atoms with Gasteiger partial charge in [-0.3, -0.25) is 14.2 Å². The van der Waals surface area contributed by atoms with Gasteiger partial charge >= 0.3 is 19.5 Å². The second kappa shape index (κ2) is 32.2. The van der Waals surface area contributed by atoms with Crippen molar-refractivity contribution in [1.29, 1.82) is 0 Å². The topological polar surface area (TPSA) is 160 Å². The lowest BCUT2D eigenvalue weighted by atomic mass is 10.0. The van der Waals surface area contributed by atoms with Gasteiger partial charge in [-0.15, -0.1) is 0 Å². The van der Waals surface area contributed by atoms with Crippen LogP contribution in [0.3, 0.4) is 0 Å². The van der Waals surface area contributed by atoms with Gasteiger partial charge in [-0.25, -0.2) is 0 Å². The maximum atomic E-state index is 12.6. The van der Waals surface area contributed by atoms with Gasteiger partial charge in [0.1, 0.15) is 12.7 Å². The minimum absolute atomic E-state index is 0.169. The van der Waals surface area contributed by atoms with Crippen molar-refractivity contribution in [3.05, 3.63) is 0 Å². The predicted octanol–water partition coefficient (Wildman–Crippen LogP) is 8.50. The first-order valence-corrected chi connectivity index (χ1v) is 20.6. The number of carbonyl (C=O) groups is 2. The number of aliphatic hydroxyl groups excluding tert-OH is 2. The van der Waals surface area contributed by atoms with Gasteiger partial charge in [-0.05, 0) is 12.8 Å². The van der Waals surface area contributed by atoms with E-state index in [1.54, 1.807) is 0 Å². The van der Waals surface area contributed by atoms with E-state index in [0.717, 1.165) is 38.5 Å². The van der Waals surface area contributed by atoms with Crippen LogP contribution in [0, 0.1) is 0 Å². The Morgan fingerprint density at radius 3 is 1.30 bits per heavy atom. The lowest BCUT2D eigenvalue weighted by Crippen LogP contribution is -2.37. The van der Waals surface area contributed by atoms with Crippen molar-refractivity contribution in [3.63, 3.8) is 0 Å². The third-order valence-corrected chi connectivity index (χ3v) is 9.65. The van der Waals surface area contributed by atoms with E-state index in [1.807, 2.05) is 0 Å². The van der Waals surface area contributed by atoms with Crippen LogP contribution in [0.4, 0.5) is 0 Å². The summed E-state index contributed by atoms with van der Waals surface area (Å²) in [7, 11) is -4.94. The Morgan fingerprint density at radius 1 is 0.574 bits per heavy atom. The molecule has 0 radical (unpaired) electrons. The van der Waals surface area contributed by atoms with Crippen LogP contribution in [0.15, 0.2) is 0 Å². The van der Waals surface area contributed by atoms with Crippen molar-refractivity contribution in [2.75, 3.05) is 19.8 Å². The van der Waals surface area contributed by atoms with Gasteiger partial charge in [-0.2, -0.15) is 0 Å². The van der Waals surface area contributed by atoms with Crippen molar-refractivity contribution in [3.8, 4) is 0 Å². The van der Waals surface area contributed by atoms with Gasteiger partial charge in [-0.1, -0.05) is 155 Å². The number of rotatable bonds is 35. The summed E-state index contributed by atoms with van der Waals surface area (Å²) in [5.74, 6) is -2.96. The molecule has 0 aromatic heterocycles. The zero-order valence-electron chi connectivity index (χ0n) is 29.9. The minimum atomic E-state index is -4.94. The smallest absolute Gasteiger partial charge is 0.356 e. The van der Waals surface area contributed by atoms with Crippen LogP contribution < -0.4 is 0 Å². The van der Waals surface area contributed by atoms with Gasteiger partial charge in [0, 0.05) is 12.8 Å². The molecule has 280 valence electrons. The Kier molecular flexibility index (Phi) is 31.5. The molecule has 0 aromatic rings. The summed E-state index contributed by atoms with van der Waals surface area (Å²) < 4.78 is 27.8. The normalized spacial score (nSPS) is 13.7. The molecule has 0 fully saturated rings. The van der Waals surface area contributed by atoms with Gasteiger partial charge < -0.3 is 34.2 Å². The van der Waals surface area contributed by atoms with Gasteiger partial charge in [0.25, 0.3) is 0 Å². The number of carbonyl (C=O) groups excluding carboxylic acids is 2. The number of esters is 2. The Balaban J connectivity index is 4.44. The Hall–Kier alpha value is -1.03. The number of ether oxygens (including phenoxy) is 3. The van der Waals surface area contributed by atoms with Crippen molar-refractivity contribution in [2.45, 2.75) is 199 Å². The first-order chi connectivity index (χ1) is 22.6. The molecular weight excluding hydrogens is 623 g/mol. The fraction of sp³-hybridized carbons (Fsp3) is 0.944. The first-order valence-electron chi connectivity index (χ1n) is 19.0. The molecule has 0 saturated carbocycles. The van der Waals surface area contributed by atoms with E-state index in [0.29, 0.717) is 12.8 Å². The van der Waals surface area contributed by atoms with E-state index in [4.69, 9.17) is 14.2 Å². The van der Waals surface area contributed by atoms with Crippen LogP contribution in [0.1, 0.15) is 181 Å². The maximum Gasteiger partial charge on any atom is 0.356 e. The summed E-state index contributed by atoms with van der Waals surface area (Å²) in [5, 5.41) is 19.0. The van der Waals surface area contributed by atoms with Crippen molar-refractivity contribution in [1.82, 2.24) is 0 Å². The molecule has 0 rings (SSSR count). The summed E-state index contributed by atoms with van der Waals surface area (Å²) in [6.45, 7) is 2.69. The molecule has 0 aliphatic carbocycles. The highest BCUT2D eigenvalue weighted by atomic mass is 31.2. The van der Waals surface area contributed by atoms with E-state index in [9.17, 15) is 34.2 Å². The molecule has 0 aliphatic heterocycles. The van der Waals surface area contributed by atoms with Crippen LogP contribution >= 0.6 is 7.60 Å². The highest BCUT2D eigenvalue weighted by molar-refractivity contribution is 7.52. The highest BCUT2D eigenvalue weighted by Gasteiger charge is 2.37. The van der Waals surface area contributed by atoms with Gasteiger partial charge in [0.2, 0.25) is 0 Å². The largest absolute Gasteiger partial charge is 0.462 e. The Bertz CT molecular complexity index is 775. The van der Waals surface area contributed by atoms with Crippen molar-refractivity contribution in [2.24, 2.45) is 0 Å². The average molecular weight is 695 g/mol. The summed E-state index contributed by atoms with van der Waals surface area (Å²) >= 11 is 0. The SMILES string of the molecule is CCCCCCCCCCCCCCCC(=O)O[C@H](COC(=O)CCCCCCCCCCCCC)COC(C(O)CO)P(=O)(O)O. The quantitative estimate of drug-likeness (QED) is 0.0288. The summed E-state index contributed by atoms with van der Waals surface area (Å²) in [5.41, 5.74) is 0. The average Bonchev–Trinajstić information content (AvgIpc) is 3.03. The van der Waals surface area contributed by atoms with E-state index in [2.05, 4.69) is 13.8 Å². The second-order valence-corrected chi connectivity index (χ2v) is 14.8. The maximum absolute atomic E-state index is 12.6. The zero-order valence-corrected chi connectivity index (χ0v) is 30.8. The molecule has 11 heteroatoms. The molecule has 3 atom stereocenters. The molecular formula is C36H71O10P. The standard InChI is InChI=1S/C36H71O10P/c1-3-5-7-9-11-13-15-16-18-20-22-24-26-28-35(40)46-32(31-45-36(33(38)29-37)47(41,42)43)30-44-34(39)27-25-23-21-19-17-14-12-10-8-6-4-2/h32-33,36-38H,3-31H2,1-2H3,(H2,41,42,43)/t32-,33?,36?/m1/s1. The van der Waals surface area contributed by atoms with Crippen LogP contribution in [-0.4, -0.2) is 69.8 Å². The van der Waals surface area contributed by atoms with Crippen molar-refractivity contribution >= 4 is 19.5 Å². The van der Waals surface area contributed by atoms with Crippen LogP contribution in [0.25, 0.3) is 0 Å². The lowest BCUT2D eigenvalue weighted by molar-refractivity contribution is -0.164. The van der Waals surface area contributed by atoms with Crippen LogP contribution in [0.5, 0.6) is 0 Å². The van der Waals surface area contributed by atoms with Gasteiger partial charge in [0.15, 0.2) is 11.9 Å². The number of hydrogen-bond acceptors (Lipinski definition) is 8. The zero-order chi connectivity index (χ0) is 35.0. The molecule has 47 heavy (non-hydrogen) atoms. The number of aliphatic hydroxyl groups is 2. The predicted molar refractivity (Wildman–Crippen MR) is 187 cm³/mol. The summed E-state index contributed by atoms with van der Waals surface area (Å²) in [6, 6.07) is 0. The molecule has 0 saturated heterocycles. The van der Waals surface area contributed by atoms with Gasteiger partial charge in [0.05, 0.1) is 13.2 Å². The second-order valence-electron chi connectivity index (χ2n) is 13.1. The van der Waals surface area contributed by atoms with E-state index in [-0.39, 0.29) is 19.4 Å².